The van der Waals surface area contributed by atoms with E-state index in [-0.39, 0.29) is 12.6 Å². The number of pyridine rings is 2. The number of aryl methyl sites for hydroxylation is 1. The smallest absolute Gasteiger partial charge is 0.179 e. The van der Waals surface area contributed by atoms with Crippen LogP contribution in [-0.4, -0.2) is 65.0 Å². The molecule has 3 aromatic rings. The third-order valence-corrected chi connectivity index (χ3v) is 6.34. The van der Waals surface area contributed by atoms with E-state index in [1.54, 1.807) is 6.20 Å². The summed E-state index contributed by atoms with van der Waals surface area (Å²) in [4.78, 5) is 10.8. The van der Waals surface area contributed by atoms with Gasteiger partial charge >= 0.3 is 0 Å². The zero-order chi connectivity index (χ0) is 22.8. The Morgan fingerprint density at radius 3 is 2.88 bits per heavy atom. The summed E-state index contributed by atoms with van der Waals surface area (Å²) in [6.07, 6.45) is 2.42. The summed E-state index contributed by atoms with van der Waals surface area (Å²) in [5.74, 6) is 1.34. The van der Waals surface area contributed by atoms with E-state index in [0.717, 1.165) is 27.7 Å². The minimum atomic E-state index is -1.03. The molecule has 0 amide bonds. The summed E-state index contributed by atoms with van der Waals surface area (Å²) in [5.41, 5.74) is 3.54. The third-order valence-electron chi connectivity index (χ3n) is 6.34. The van der Waals surface area contributed by atoms with Gasteiger partial charge in [-0.05, 0) is 43.1 Å². The van der Waals surface area contributed by atoms with Crippen molar-refractivity contribution >= 4 is 10.9 Å². The minimum Gasteiger partial charge on any atom is -0.486 e. The van der Waals surface area contributed by atoms with Crippen LogP contribution in [0.3, 0.4) is 0 Å². The molecule has 1 saturated heterocycles. The van der Waals surface area contributed by atoms with Crippen molar-refractivity contribution in [3.63, 3.8) is 0 Å². The van der Waals surface area contributed by atoms with Gasteiger partial charge in [0.15, 0.2) is 11.5 Å². The Hall–Kier alpha value is -2.81. The maximum absolute atomic E-state index is 15.0. The molecule has 8 heteroatoms. The van der Waals surface area contributed by atoms with Gasteiger partial charge in [-0.15, -0.1) is 0 Å². The first kappa shape index (κ1) is 22.0. The first-order chi connectivity index (χ1) is 16.1. The number of aromatic nitrogens is 2. The third kappa shape index (κ3) is 4.93. The van der Waals surface area contributed by atoms with Crippen LogP contribution in [0.2, 0.25) is 0 Å². The molecule has 3 atom stereocenters. The number of fused-ring (bicyclic) bond motifs is 2. The van der Waals surface area contributed by atoms with Crippen LogP contribution in [0.4, 0.5) is 4.39 Å². The van der Waals surface area contributed by atoms with Crippen LogP contribution in [0.1, 0.15) is 29.3 Å². The van der Waals surface area contributed by atoms with Crippen molar-refractivity contribution in [2.45, 2.75) is 38.2 Å². The summed E-state index contributed by atoms with van der Waals surface area (Å²) in [6, 6.07) is 9.41. The highest BCUT2D eigenvalue weighted by Gasteiger charge is 2.30. The molecule has 0 saturated carbocycles. The van der Waals surface area contributed by atoms with Crippen LogP contribution in [-0.2, 0) is 6.54 Å². The molecule has 2 aliphatic rings. The lowest BCUT2D eigenvalue weighted by Gasteiger charge is -2.36. The standard InChI is InChI=1S/C25H29FN4O3/c1-16-9-19-18(3-2-4-21(19)28-11-16)23(31)15-30-6-5-22(20(26)14-30)29-12-17-10-24-25(13-27-17)33-8-7-32-24/h2-4,9-11,13,20,22-23,29,31H,5-8,12,14-15H2,1H3. The quantitative estimate of drug-likeness (QED) is 0.595. The lowest BCUT2D eigenvalue weighted by atomic mass is 9.99. The van der Waals surface area contributed by atoms with Crippen LogP contribution < -0.4 is 14.8 Å². The van der Waals surface area contributed by atoms with E-state index in [2.05, 4.69) is 15.3 Å². The highest BCUT2D eigenvalue weighted by atomic mass is 19.1. The number of ether oxygens (including phenoxy) is 2. The Morgan fingerprint density at radius 1 is 1.18 bits per heavy atom. The fourth-order valence-corrected chi connectivity index (χ4v) is 4.60. The topological polar surface area (TPSA) is 79.7 Å². The van der Waals surface area contributed by atoms with Gasteiger partial charge < -0.3 is 19.9 Å². The second-order valence-electron chi connectivity index (χ2n) is 8.81. The number of nitrogens with one attached hydrogen (secondary N) is 1. The number of likely N-dealkylation sites (tertiary alicyclic amines) is 1. The van der Waals surface area contributed by atoms with Gasteiger partial charge in [0, 0.05) is 43.3 Å². The second kappa shape index (κ2) is 9.59. The fraction of sp³-hybridized carbons (Fsp3) is 0.440. The lowest BCUT2D eigenvalue weighted by Crippen LogP contribution is -2.51. The summed E-state index contributed by atoms with van der Waals surface area (Å²) < 4.78 is 26.1. The van der Waals surface area contributed by atoms with E-state index in [4.69, 9.17) is 9.47 Å². The number of hydrogen-bond acceptors (Lipinski definition) is 7. The first-order valence-corrected chi connectivity index (χ1v) is 11.4. The number of piperidine rings is 1. The lowest BCUT2D eigenvalue weighted by molar-refractivity contribution is 0.0570. The van der Waals surface area contributed by atoms with Crippen molar-refractivity contribution < 1.29 is 19.0 Å². The van der Waals surface area contributed by atoms with Gasteiger partial charge in [0.2, 0.25) is 0 Å². The van der Waals surface area contributed by atoms with Crippen molar-refractivity contribution in [3.05, 3.63) is 59.5 Å². The van der Waals surface area contributed by atoms with Crippen LogP contribution in [0.5, 0.6) is 11.5 Å². The number of β-amino-alcohol motifs (C(OH)–C–C–N with tert-alkyl or cyclic N) is 1. The molecule has 1 aromatic carbocycles. The first-order valence-electron chi connectivity index (χ1n) is 11.4. The summed E-state index contributed by atoms with van der Waals surface area (Å²) in [6.45, 7) is 4.89. The number of alkyl halides is 1. The van der Waals surface area contributed by atoms with E-state index >= 15 is 0 Å². The van der Waals surface area contributed by atoms with Crippen LogP contribution >= 0.6 is 0 Å². The number of aliphatic hydroxyl groups excluding tert-OH is 1. The van der Waals surface area contributed by atoms with Crippen molar-refractivity contribution in [1.82, 2.24) is 20.2 Å². The van der Waals surface area contributed by atoms with Crippen molar-refractivity contribution in [3.8, 4) is 11.5 Å². The largest absolute Gasteiger partial charge is 0.486 e. The Kier molecular flexibility index (Phi) is 6.39. The van der Waals surface area contributed by atoms with Gasteiger partial charge in [-0.3, -0.25) is 14.9 Å². The molecule has 7 nitrogen and oxygen atoms in total. The molecule has 5 rings (SSSR count). The Labute approximate surface area is 192 Å². The fourth-order valence-electron chi connectivity index (χ4n) is 4.60. The number of benzene rings is 1. The zero-order valence-electron chi connectivity index (χ0n) is 18.7. The van der Waals surface area contributed by atoms with Gasteiger partial charge in [-0.25, -0.2) is 4.39 Å². The average molecular weight is 453 g/mol. The number of nitrogens with zero attached hydrogens (tertiary/aromatic N) is 3. The second-order valence-corrected chi connectivity index (χ2v) is 8.81. The van der Waals surface area contributed by atoms with Gasteiger partial charge in [0.05, 0.1) is 23.5 Å². The summed E-state index contributed by atoms with van der Waals surface area (Å²) in [5, 5.41) is 15.2. The van der Waals surface area contributed by atoms with E-state index in [0.29, 0.717) is 50.8 Å². The normalized spacial score (nSPS) is 21.8. The molecule has 3 unspecified atom stereocenters. The van der Waals surface area contributed by atoms with Gasteiger partial charge in [0.25, 0.3) is 0 Å². The highest BCUT2D eigenvalue weighted by Crippen LogP contribution is 2.30. The molecule has 174 valence electrons. The summed E-state index contributed by atoms with van der Waals surface area (Å²) in [7, 11) is 0. The highest BCUT2D eigenvalue weighted by molar-refractivity contribution is 5.83. The van der Waals surface area contributed by atoms with Crippen LogP contribution in [0.25, 0.3) is 10.9 Å². The van der Waals surface area contributed by atoms with Crippen molar-refractivity contribution in [1.29, 1.82) is 0 Å². The average Bonchev–Trinajstić information content (AvgIpc) is 2.83. The van der Waals surface area contributed by atoms with Gasteiger partial charge in [0.1, 0.15) is 19.4 Å². The molecule has 4 heterocycles. The number of rotatable bonds is 6. The Morgan fingerprint density at radius 2 is 2.03 bits per heavy atom. The maximum atomic E-state index is 15.0. The number of hydrogen-bond donors (Lipinski definition) is 2. The van der Waals surface area contributed by atoms with E-state index in [1.807, 2.05) is 48.4 Å². The van der Waals surface area contributed by atoms with Gasteiger partial charge in [-0.2, -0.15) is 0 Å². The molecule has 2 aliphatic heterocycles. The van der Waals surface area contributed by atoms with Crippen LogP contribution in [0.15, 0.2) is 42.7 Å². The molecule has 0 bridgehead atoms. The molecule has 33 heavy (non-hydrogen) atoms. The Balaban J connectivity index is 1.17. The minimum absolute atomic E-state index is 0.252. The Bertz CT molecular complexity index is 1130. The SMILES string of the molecule is Cc1cnc2cccc(C(O)CN3CCC(NCc4cc5c(cn4)OCCO5)C(F)C3)c2c1. The molecule has 0 spiro atoms. The number of halogens is 1. The monoisotopic (exact) mass is 452 g/mol. The van der Waals surface area contributed by atoms with E-state index in [9.17, 15) is 9.50 Å². The molecule has 2 aromatic heterocycles. The van der Waals surface area contributed by atoms with E-state index in [1.165, 1.54) is 0 Å². The summed E-state index contributed by atoms with van der Waals surface area (Å²) >= 11 is 0. The molecule has 1 fully saturated rings. The van der Waals surface area contributed by atoms with Gasteiger partial charge in [-0.1, -0.05) is 12.1 Å². The molecular weight excluding hydrogens is 423 g/mol. The molecular formula is C25H29FN4O3. The van der Waals surface area contributed by atoms with Crippen molar-refractivity contribution in [2.75, 3.05) is 32.8 Å². The number of aliphatic hydroxyl groups is 1. The maximum Gasteiger partial charge on any atom is 0.179 e. The zero-order valence-corrected chi connectivity index (χ0v) is 18.7. The van der Waals surface area contributed by atoms with E-state index < -0.39 is 12.3 Å². The van der Waals surface area contributed by atoms with Crippen molar-refractivity contribution in [2.24, 2.45) is 0 Å². The molecule has 2 N–H and O–H groups in total. The molecule has 0 radical (unpaired) electrons. The predicted molar refractivity (Wildman–Crippen MR) is 123 cm³/mol. The van der Waals surface area contributed by atoms with Crippen LogP contribution in [0, 0.1) is 6.92 Å². The predicted octanol–water partition coefficient (Wildman–Crippen LogP) is 2.95. The molecule has 0 aliphatic carbocycles.